The first-order chi connectivity index (χ1) is 8.12. The van der Waals surface area contributed by atoms with Crippen LogP contribution in [0.1, 0.15) is 20.3 Å². The molecule has 1 aliphatic carbocycles. The molecule has 0 saturated heterocycles. The molecule has 0 amide bonds. The highest BCUT2D eigenvalue weighted by molar-refractivity contribution is 5.96. The van der Waals surface area contributed by atoms with E-state index >= 15 is 0 Å². The molecule has 17 heavy (non-hydrogen) atoms. The molecule has 0 heterocycles. The summed E-state index contributed by atoms with van der Waals surface area (Å²) in [6.07, 6.45) is 7.02. The summed E-state index contributed by atoms with van der Waals surface area (Å²) >= 11 is 0. The van der Waals surface area contributed by atoms with Crippen molar-refractivity contribution < 1.29 is 19.1 Å². The largest absolute Gasteiger partial charge is 0.465 e. The molecule has 1 rings (SSSR count). The molecule has 4 heteroatoms. The Hall–Kier alpha value is -1.42. The van der Waals surface area contributed by atoms with Crippen LogP contribution in [0.25, 0.3) is 0 Å². The molecule has 0 fully saturated rings. The van der Waals surface area contributed by atoms with E-state index in [0.717, 1.165) is 0 Å². The van der Waals surface area contributed by atoms with E-state index in [-0.39, 0.29) is 12.4 Å². The number of esters is 1. The van der Waals surface area contributed by atoms with E-state index in [2.05, 4.69) is 0 Å². The average Bonchev–Trinajstić information content (AvgIpc) is 2.37. The topological polar surface area (TPSA) is 52.6 Å². The lowest BCUT2D eigenvalue weighted by atomic mass is 9.79. The van der Waals surface area contributed by atoms with Crippen LogP contribution in [0.3, 0.4) is 0 Å². The summed E-state index contributed by atoms with van der Waals surface area (Å²) in [4.78, 5) is 23.9. The number of ether oxygens (including phenoxy) is 2. The van der Waals surface area contributed by atoms with Gasteiger partial charge < -0.3 is 9.47 Å². The van der Waals surface area contributed by atoms with Crippen LogP contribution in [0.15, 0.2) is 24.3 Å². The number of carbonyl (C=O) groups is 2. The van der Waals surface area contributed by atoms with Crippen molar-refractivity contribution in [2.24, 2.45) is 5.92 Å². The molecule has 0 aromatic carbocycles. The zero-order valence-electron chi connectivity index (χ0n) is 10.4. The minimum Gasteiger partial charge on any atom is -0.465 e. The quantitative estimate of drug-likeness (QED) is 0.683. The van der Waals surface area contributed by atoms with E-state index in [0.29, 0.717) is 6.42 Å². The van der Waals surface area contributed by atoms with Crippen LogP contribution in [0.5, 0.6) is 0 Å². The lowest BCUT2D eigenvalue weighted by Crippen LogP contribution is -2.49. The van der Waals surface area contributed by atoms with Crippen LogP contribution in [-0.2, 0) is 19.1 Å². The standard InChI is InChI=1S/C13H18O4/c1-4-11(14)13(16-3)9-7-6-8-10(13)12(15)17-5-2/h6-10H,4-5H2,1-3H3. The van der Waals surface area contributed by atoms with Crippen LogP contribution in [0, 0.1) is 5.92 Å². The summed E-state index contributed by atoms with van der Waals surface area (Å²) in [5.74, 6) is -1.26. The third kappa shape index (κ3) is 2.47. The normalized spacial score (nSPS) is 26.9. The number of Topliss-reactive ketones (excluding diaryl/α,β-unsaturated/α-hetero) is 1. The van der Waals surface area contributed by atoms with Gasteiger partial charge in [-0.1, -0.05) is 25.2 Å². The highest BCUT2D eigenvalue weighted by Gasteiger charge is 2.47. The summed E-state index contributed by atoms with van der Waals surface area (Å²) in [7, 11) is 1.43. The SMILES string of the molecule is CCOC(=O)C1C=CC=CC1(OC)C(=O)CC. The van der Waals surface area contributed by atoms with E-state index in [1.54, 1.807) is 38.2 Å². The first kappa shape index (κ1) is 13.6. The number of hydrogen-bond donors (Lipinski definition) is 0. The number of allylic oxidation sites excluding steroid dienone is 2. The van der Waals surface area contributed by atoms with Gasteiger partial charge in [0, 0.05) is 13.5 Å². The third-order valence-electron chi connectivity index (χ3n) is 2.86. The predicted molar refractivity (Wildman–Crippen MR) is 63.4 cm³/mol. The molecule has 0 N–H and O–H groups in total. The Balaban J connectivity index is 3.07. The summed E-state index contributed by atoms with van der Waals surface area (Å²) in [5, 5.41) is 0. The van der Waals surface area contributed by atoms with Gasteiger partial charge in [-0.2, -0.15) is 0 Å². The zero-order valence-corrected chi connectivity index (χ0v) is 10.4. The van der Waals surface area contributed by atoms with Crippen LogP contribution < -0.4 is 0 Å². The Kier molecular flexibility index (Phi) is 4.63. The van der Waals surface area contributed by atoms with Gasteiger partial charge in [0.25, 0.3) is 0 Å². The molecule has 94 valence electrons. The highest BCUT2D eigenvalue weighted by atomic mass is 16.5. The summed E-state index contributed by atoms with van der Waals surface area (Å²) in [6.45, 7) is 3.76. The number of rotatable bonds is 5. The smallest absolute Gasteiger partial charge is 0.316 e. The van der Waals surface area contributed by atoms with E-state index in [9.17, 15) is 9.59 Å². The van der Waals surface area contributed by atoms with Crippen LogP contribution in [-0.4, -0.2) is 31.1 Å². The molecule has 4 nitrogen and oxygen atoms in total. The molecule has 0 bridgehead atoms. The minimum absolute atomic E-state index is 0.126. The summed E-state index contributed by atoms with van der Waals surface area (Å²) < 4.78 is 10.3. The van der Waals surface area contributed by atoms with Crippen molar-refractivity contribution >= 4 is 11.8 Å². The van der Waals surface area contributed by atoms with Crippen molar-refractivity contribution in [2.75, 3.05) is 13.7 Å². The minimum atomic E-state index is -1.21. The monoisotopic (exact) mass is 238 g/mol. The predicted octanol–water partition coefficient (Wildman–Crippen LogP) is 1.66. The van der Waals surface area contributed by atoms with Crippen molar-refractivity contribution in [1.82, 2.24) is 0 Å². The summed E-state index contributed by atoms with van der Waals surface area (Å²) in [5.41, 5.74) is -1.21. The molecule has 0 aromatic rings. The molecule has 0 radical (unpaired) electrons. The highest BCUT2D eigenvalue weighted by Crippen LogP contribution is 2.31. The first-order valence-electron chi connectivity index (χ1n) is 5.73. The van der Waals surface area contributed by atoms with Gasteiger partial charge in [-0.3, -0.25) is 9.59 Å². The lowest BCUT2D eigenvalue weighted by Gasteiger charge is -2.34. The maximum atomic E-state index is 12.0. The molecule has 0 aromatic heterocycles. The van der Waals surface area contributed by atoms with Crippen molar-refractivity contribution in [3.05, 3.63) is 24.3 Å². The molecule has 1 aliphatic rings. The lowest BCUT2D eigenvalue weighted by molar-refractivity contribution is -0.160. The van der Waals surface area contributed by atoms with Gasteiger partial charge in [-0.25, -0.2) is 0 Å². The average molecular weight is 238 g/mol. The fraction of sp³-hybridized carbons (Fsp3) is 0.538. The molecule has 2 atom stereocenters. The van der Waals surface area contributed by atoms with Crippen LogP contribution in [0.4, 0.5) is 0 Å². The van der Waals surface area contributed by atoms with Gasteiger partial charge in [-0.05, 0) is 13.0 Å². The van der Waals surface area contributed by atoms with Crippen LogP contribution >= 0.6 is 0 Å². The van der Waals surface area contributed by atoms with Crippen molar-refractivity contribution in [3.8, 4) is 0 Å². The van der Waals surface area contributed by atoms with Crippen molar-refractivity contribution in [1.29, 1.82) is 0 Å². The Morgan fingerprint density at radius 2 is 2.00 bits per heavy atom. The number of ketones is 1. The molecule has 2 unspecified atom stereocenters. The zero-order chi connectivity index (χ0) is 12.9. The van der Waals surface area contributed by atoms with Gasteiger partial charge in [0.15, 0.2) is 11.4 Å². The fourth-order valence-electron chi connectivity index (χ4n) is 1.96. The second kappa shape index (κ2) is 5.77. The second-order valence-electron chi connectivity index (χ2n) is 3.75. The molecule has 0 spiro atoms. The maximum Gasteiger partial charge on any atom is 0.316 e. The van der Waals surface area contributed by atoms with E-state index < -0.39 is 17.5 Å². The molecular weight excluding hydrogens is 220 g/mol. The van der Waals surface area contributed by atoms with Gasteiger partial charge in [0.1, 0.15) is 5.92 Å². The number of carbonyl (C=O) groups excluding carboxylic acids is 2. The third-order valence-corrected chi connectivity index (χ3v) is 2.86. The van der Waals surface area contributed by atoms with Gasteiger partial charge in [-0.15, -0.1) is 0 Å². The number of methoxy groups -OCH3 is 1. The van der Waals surface area contributed by atoms with E-state index in [1.165, 1.54) is 7.11 Å². The molecule has 0 saturated carbocycles. The fourth-order valence-corrected chi connectivity index (χ4v) is 1.96. The van der Waals surface area contributed by atoms with Gasteiger partial charge >= 0.3 is 5.97 Å². The Labute approximate surface area is 101 Å². The maximum absolute atomic E-state index is 12.0. The Morgan fingerprint density at radius 3 is 2.53 bits per heavy atom. The van der Waals surface area contributed by atoms with E-state index in [4.69, 9.17) is 9.47 Å². The van der Waals surface area contributed by atoms with Crippen molar-refractivity contribution in [3.63, 3.8) is 0 Å². The molecular formula is C13H18O4. The second-order valence-corrected chi connectivity index (χ2v) is 3.75. The van der Waals surface area contributed by atoms with Crippen LogP contribution in [0.2, 0.25) is 0 Å². The Morgan fingerprint density at radius 1 is 1.29 bits per heavy atom. The number of hydrogen-bond acceptors (Lipinski definition) is 4. The van der Waals surface area contributed by atoms with E-state index in [1.807, 2.05) is 0 Å². The van der Waals surface area contributed by atoms with Crippen molar-refractivity contribution in [2.45, 2.75) is 25.9 Å². The summed E-state index contributed by atoms with van der Waals surface area (Å²) in [6, 6.07) is 0. The van der Waals surface area contributed by atoms with Gasteiger partial charge in [0.2, 0.25) is 0 Å². The molecule has 0 aliphatic heterocycles. The Bertz CT molecular complexity index is 356. The van der Waals surface area contributed by atoms with Gasteiger partial charge in [0.05, 0.1) is 6.61 Å². The first-order valence-corrected chi connectivity index (χ1v) is 5.73.